The number of piperidine rings is 1. The van der Waals surface area contributed by atoms with Crippen molar-refractivity contribution in [3.63, 3.8) is 0 Å². The highest BCUT2D eigenvalue weighted by Crippen LogP contribution is 2.38. The molecule has 122 valence electrons. The number of halogens is 3. The molecule has 1 amide bonds. The van der Waals surface area contributed by atoms with Gasteiger partial charge < -0.3 is 10.6 Å². The van der Waals surface area contributed by atoms with E-state index in [1.165, 1.54) is 18.3 Å². The molecule has 1 aliphatic rings. The number of aromatic nitrogens is 1. The minimum Gasteiger partial charge on any atom is -0.338 e. The molecule has 0 aromatic carbocycles. The van der Waals surface area contributed by atoms with Crippen LogP contribution in [0.15, 0.2) is 23.4 Å². The van der Waals surface area contributed by atoms with Gasteiger partial charge in [-0.15, -0.1) is 0 Å². The molecule has 2 N–H and O–H groups in total. The second-order valence-electron chi connectivity index (χ2n) is 6.01. The molecule has 22 heavy (non-hydrogen) atoms. The maximum absolute atomic E-state index is 12.6. The summed E-state index contributed by atoms with van der Waals surface area (Å²) >= 11 is -0.363. The van der Waals surface area contributed by atoms with Crippen molar-refractivity contribution in [1.82, 2.24) is 9.88 Å². The maximum Gasteiger partial charge on any atom is 0.447 e. The zero-order valence-electron chi connectivity index (χ0n) is 12.4. The predicted molar refractivity (Wildman–Crippen MR) is 78.4 cm³/mol. The molecule has 0 aliphatic carbocycles. The van der Waals surface area contributed by atoms with Gasteiger partial charge in [-0.3, -0.25) is 4.79 Å². The third-order valence-electron chi connectivity index (χ3n) is 3.81. The molecule has 1 saturated heterocycles. The van der Waals surface area contributed by atoms with Gasteiger partial charge in [0.15, 0.2) is 0 Å². The van der Waals surface area contributed by atoms with E-state index in [0.29, 0.717) is 19.5 Å². The van der Waals surface area contributed by atoms with Gasteiger partial charge in [0, 0.05) is 37.1 Å². The number of nitrogens with zero attached hydrogens (tertiary/aromatic N) is 2. The van der Waals surface area contributed by atoms with Gasteiger partial charge >= 0.3 is 5.51 Å². The highest BCUT2D eigenvalue weighted by Gasteiger charge is 2.37. The molecule has 8 heteroatoms. The number of hydrogen-bond donors (Lipinski definition) is 1. The van der Waals surface area contributed by atoms with Crippen molar-refractivity contribution < 1.29 is 18.0 Å². The Morgan fingerprint density at radius 3 is 2.77 bits per heavy atom. The van der Waals surface area contributed by atoms with E-state index in [9.17, 15) is 18.0 Å². The molecular weight excluding hydrogens is 315 g/mol. The number of rotatable bonds is 2. The van der Waals surface area contributed by atoms with Crippen molar-refractivity contribution in [2.75, 3.05) is 13.1 Å². The fourth-order valence-electron chi connectivity index (χ4n) is 2.46. The van der Waals surface area contributed by atoms with Crippen LogP contribution in [-0.2, 0) is 0 Å². The van der Waals surface area contributed by atoms with Gasteiger partial charge in [0.25, 0.3) is 5.91 Å². The summed E-state index contributed by atoms with van der Waals surface area (Å²) in [7, 11) is 0. The molecule has 0 saturated carbocycles. The van der Waals surface area contributed by atoms with E-state index in [1.807, 2.05) is 13.8 Å². The monoisotopic (exact) mass is 333 g/mol. The molecule has 1 aromatic heterocycles. The quantitative estimate of drug-likeness (QED) is 0.846. The topological polar surface area (TPSA) is 59.2 Å². The van der Waals surface area contributed by atoms with Crippen LogP contribution < -0.4 is 5.73 Å². The Kier molecular flexibility index (Phi) is 4.72. The van der Waals surface area contributed by atoms with Crippen molar-refractivity contribution in [2.45, 2.75) is 36.8 Å². The van der Waals surface area contributed by atoms with E-state index in [4.69, 9.17) is 5.73 Å². The summed E-state index contributed by atoms with van der Waals surface area (Å²) in [5.74, 6) is -0.431. The molecule has 1 unspecified atom stereocenters. The number of likely N-dealkylation sites (tertiary alicyclic amines) is 1. The van der Waals surface area contributed by atoms with Crippen LogP contribution in [0.2, 0.25) is 0 Å². The fourth-order valence-corrected chi connectivity index (χ4v) is 3.06. The van der Waals surface area contributed by atoms with E-state index in [1.54, 1.807) is 4.90 Å². The van der Waals surface area contributed by atoms with Crippen LogP contribution in [0.4, 0.5) is 13.2 Å². The Labute approximate surface area is 131 Å². The molecule has 1 aromatic rings. The highest BCUT2D eigenvalue weighted by atomic mass is 32.2. The molecule has 4 nitrogen and oxygen atoms in total. The number of hydrogen-bond acceptors (Lipinski definition) is 4. The van der Waals surface area contributed by atoms with Gasteiger partial charge in [0.05, 0.1) is 5.56 Å². The highest BCUT2D eigenvalue weighted by molar-refractivity contribution is 8.00. The zero-order valence-corrected chi connectivity index (χ0v) is 13.2. The van der Waals surface area contributed by atoms with Gasteiger partial charge in [-0.05, 0) is 24.0 Å². The SMILES string of the molecule is CC1(C)CN(C(=O)c2cccnc2SC(F)(F)F)CCC1N. The van der Waals surface area contributed by atoms with Crippen LogP contribution in [0.25, 0.3) is 0 Å². The lowest BCUT2D eigenvalue weighted by Crippen LogP contribution is -2.54. The van der Waals surface area contributed by atoms with E-state index in [-0.39, 0.29) is 33.8 Å². The first-order valence-electron chi connectivity index (χ1n) is 6.86. The van der Waals surface area contributed by atoms with E-state index < -0.39 is 11.4 Å². The number of pyridine rings is 1. The zero-order chi connectivity index (χ0) is 16.5. The van der Waals surface area contributed by atoms with Crippen LogP contribution in [-0.4, -0.2) is 40.4 Å². The van der Waals surface area contributed by atoms with Gasteiger partial charge in [-0.1, -0.05) is 13.8 Å². The molecule has 0 spiro atoms. The summed E-state index contributed by atoms with van der Waals surface area (Å²) in [4.78, 5) is 17.8. The first-order chi connectivity index (χ1) is 10.1. The van der Waals surface area contributed by atoms with E-state index in [0.717, 1.165) is 0 Å². The lowest BCUT2D eigenvalue weighted by atomic mass is 9.79. The fraction of sp³-hybridized carbons (Fsp3) is 0.571. The average Bonchev–Trinajstić information content (AvgIpc) is 2.40. The number of nitrogens with two attached hydrogens (primary N) is 1. The largest absolute Gasteiger partial charge is 0.447 e. The molecule has 0 radical (unpaired) electrons. The van der Waals surface area contributed by atoms with Crippen LogP contribution in [0, 0.1) is 5.41 Å². The molecular formula is C14H18F3N3OS. The van der Waals surface area contributed by atoms with Gasteiger partial charge in [-0.25, -0.2) is 4.98 Å². The van der Waals surface area contributed by atoms with Crippen molar-refractivity contribution in [1.29, 1.82) is 0 Å². The summed E-state index contributed by atoms with van der Waals surface area (Å²) < 4.78 is 37.7. The first-order valence-corrected chi connectivity index (χ1v) is 7.67. The maximum atomic E-state index is 12.6. The summed E-state index contributed by atoms with van der Waals surface area (Å²) in [5.41, 5.74) is 1.26. The van der Waals surface area contributed by atoms with Crippen molar-refractivity contribution in [2.24, 2.45) is 11.1 Å². The third kappa shape index (κ3) is 3.92. The molecule has 1 fully saturated rings. The second kappa shape index (κ2) is 6.08. The predicted octanol–water partition coefficient (Wildman–Crippen LogP) is 2.89. The Bertz CT molecular complexity index is 563. The van der Waals surface area contributed by atoms with Crippen LogP contribution in [0.3, 0.4) is 0 Å². The minimum atomic E-state index is -4.48. The minimum absolute atomic E-state index is 0.0175. The van der Waals surface area contributed by atoms with Crippen LogP contribution in [0.1, 0.15) is 30.6 Å². The first kappa shape index (κ1) is 17.1. The van der Waals surface area contributed by atoms with Crippen molar-refractivity contribution >= 4 is 17.7 Å². The number of alkyl halides is 3. The van der Waals surface area contributed by atoms with Gasteiger partial charge in [-0.2, -0.15) is 13.2 Å². The lowest BCUT2D eigenvalue weighted by molar-refractivity contribution is -0.0329. The van der Waals surface area contributed by atoms with E-state index >= 15 is 0 Å². The number of carbonyl (C=O) groups excluding carboxylic acids is 1. The third-order valence-corrected chi connectivity index (χ3v) is 4.56. The summed E-state index contributed by atoms with van der Waals surface area (Å²) in [6, 6.07) is 2.81. The molecule has 2 rings (SSSR count). The number of amides is 1. The number of carbonyl (C=O) groups is 1. The summed E-state index contributed by atoms with van der Waals surface area (Å²) in [6.45, 7) is 4.75. The van der Waals surface area contributed by atoms with Crippen LogP contribution >= 0.6 is 11.8 Å². The Morgan fingerprint density at radius 2 is 2.18 bits per heavy atom. The molecule has 1 aliphatic heterocycles. The lowest BCUT2D eigenvalue weighted by Gasteiger charge is -2.42. The Morgan fingerprint density at radius 1 is 1.50 bits per heavy atom. The molecule has 1 atom stereocenters. The Hall–Kier alpha value is -1.28. The summed E-state index contributed by atoms with van der Waals surface area (Å²) in [6.07, 6.45) is 1.88. The standard InChI is InChI=1S/C14H18F3N3OS/c1-13(2)8-20(7-5-10(13)18)12(21)9-4-3-6-19-11(9)22-14(15,16)17/h3-4,6,10H,5,7-8,18H2,1-2H3. The average molecular weight is 333 g/mol. The smallest absolute Gasteiger partial charge is 0.338 e. The van der Waals surface area contributed by atoms with Crippen molar-refractivity contribution in [3.05, 3.63) is 23.9 Å². The number of thioether (sulfide) groups is 1. The Balaban J connectivity index is 2.23. The summed E-state index contributed by atoms with van der Waals surface area (Å²) in [5, 5.41) is -0.312. The molecule has 2 heterocycles. The second-order valence-corrected chi connectivity index (χ2v) is 7.07. The van der Waals surface area contributed by atoms with Crippen molar-refractivity contribution in [3.8, 4) is 0 Å². The van der Waals surface area contributed by atoms with Crippen LogP contribution in [0.5, 0.6) is 0 Å². The van der Waals surface area contributed by atoms with E-state index in [2.05, 4.69) is 4.98 Å². The normalized spacial score (nSPS) is 21.7. The van der Waals surface area contributed by atoms with Gasteiger partial charge in [0.1, 0.15) is 5.03 Å². The molecule has 0 bridgehead atoms. The van der Waals surface area contributed by atoms with Gasteiger partial charge in [0.2, 0.25) is 0 Å².